The first kappa shape index (κ1) is 12.7. The van der Waals surface area contributed by atoms with Gasteiger partial charge in [0.15, 0.2) is 0 Å². The smallest absolute Gasteiger partial charge is 0.306 e. The molecule has 2 aromatic rings. The lowest BCUT2D eigenvalue weighted by Crippen LogP contribution is -2.11. The number of aryl methyl sites for hydroxylation is 1. The molecule has 1 N–H and O–H groups in total. The summed E-state index contributed by atoms with van der Waals surface area (Å²) in [6.45, 7) is 3.63. The molecule has 2 rings (SSSR count). The van der Waals surface area contributed by atoms with Gasteiger partial charge in [-0.2, -0.15) is 0 Å². The molecular weight excluding hydrogens is 248 g/mol. The van der Waals surface area contributed by atoms with Crippen molar-refractivity contribution in [1.29, 1.82) is 0 Å². The molecule has 1 unspecified atom stereocenters. The molecule has 0 radical (unpaired) electrons. The van der Waals surface area contributed by atoms with E-state index in [1.54, 1.807) is 30.7 Å². The quantitative estimate of drug-likeness (QED) is 0.920. The van der Waals surface area contributed by atoms with E-state index in [0.717, 1.165) is 21.1 Å². The molecule has 0 amide bonds. The predicted octanol–water partition coefficient (Wildman–Crippen LogP) is 2.78. The number of carboxylic acids is 1. The van der Waals surface area contributed by atoms with Crippen LogP contribution in [-0.4, -0.2) is 21.0 Å². The predicted molar refractivity (Wildman–Crippen MR) is 70.6 cm³/mol. The van der Waals surface area contributed by atoms with Crippen molar-refractivity contribution in [1.82, 2.24) is 9.97 Å². The van der Waals surface area contributed by atoms with E-state index in [9.17, 15) is 4.79 Å². The molecule has 0 bridgehead atoms. The van der Waals surface area contributed by atoms with Gasteiger partial charge in [0.05, 0.1) is 11.6 Å². The summed E-state index contributed by atoms with van der Waals surface area (Å²) in [5, 5.41) is 9.83. The number of nitrogens with zero attached hydrogens (tertiary/aromatic N) is 2. The van der Waals surface area contributed by atoms with Crippen molar-refractivity contribution in [2.75, 3.05) is 0 Å². The largest absolute Gasteiger partial charge is 0.481 e. The second-order valence-electron chi connectivity index (χ2n) is 4.21. The third-order valence-corrected chi connectivity index (χ3v) is 3.94. The van der Waals surface area contributed by atoms with E-state index in [2.05, 4.69) is 9.97 Å². The van der Waals surface area contributed by atoms with Crippen molar-refractivity contribution in [2.45, 2.75) is 20.3 Å². The van der Waals surface area contributed by atoms with E-state index >= 15 is 0 Å². The second kappa shape index (κ2) is 5.27. The number of rotatable bonds is 4. The van der Waals surface area contributed by atoms with Crippen LogP contribution in [0.25, 0.3) is 10.6 Å². The number of aromatic nitrogens is 2. The number of carbonyl (C=O) groups is 1. The third kappa shape index (κ3) is 2.73. The molecule has 0 aliphatic heterocycles. The van der Waals surface area contributed by atoms with E-state index in [1.807, 2.05) is 19.1 Å². The maximum atomic E-state index is 10.9. The highest BCUT2D eigenvalue weighted by molar-refractivity contribution is 7.15. The Labute approximate surface area is 109 Å². The van der Waals surface area contributed by atoms with Crippen LogP contribution in [0, 0.1) is 12.8 Å². The van der Waals surface area contributed by atoms with Crippen LogP contribution in [0.2, 0.25) is 0 Å². The summed E-state index contributed by atoms with van der Waals surface area (Å²) in [6.07, 6.45) is 4.01. The van der Waals surface area contributed by atoms with Gasteiger partial charge in [-0.25, -0.2) is 4.98 Å². The normalized spacial score (nSPS) is 12.3. The van der Waals surface area contributed by atoms with Crippen LogP contribution >= 0.6 is 11.3 Å². The molecular formula is C13H14N2O2S. The topological polar surface area (TPSA) is 63.1 Å². The molecule has 0 fully saturated rings. The van der Waals surface area contributed by atoms with Gasteiger partial charge in [-0.05, 0) is 25.5 Å². The minimum atomic E-state index is -0.772. The van der Waals surface area contributed by atoms with E-state index in [4.69, 9.17) is 5.11 Å². The number of hydrogen-bond acceptors (Lipinski definition) is 4. The average molecular weight is 262 g/mol. The molecule has 18 heavy (non-hydrogen) atoms. The maximum Gasteiger partial charge on any atom is 0.306 e. The molecule has 0 aromatic carbocycles. The van der Waals surface area contributed by atoms with Crippen LogP contribution in [0.3, 0.4) is 0 Å². The molecule has 2 aromatic heterocycles. The Bertz CT molecular complexity index is 551. The van der Waals surface area contributed by atoms with E-state index in [0.29, 0.717) is 6.42 Å². The highest BCUT2D eigenvalue weighted by Gasteiger charge is 2.16. The number of aliphatic carboxylic acids is 1. The standard InChI is InChI=1S/C13H14N2O2S/c1-8(13(16)17)6-11-9(2)15-12(18-11)10-4-3-5-14-7-10/h3-5,7-8H,6H2,1-2H3,(H,16,17). The van der Waals surface area contributed by atoms with Gasteiger partial charge in [-0.3, -0.25) is 9.78 Å². The molecule has 2 heterocycles. The van der Waals surface area contributed by atoms with Crippen molar-refractivity contribution in [3.05, 3.63) is 35.1 Å². The van der Waals surface area contributed by atoms with Gasteiger partial charge in [-0.1, -0.05) is 6.92 Å². The Balaban J connectivity index is 2.25. The summed E-state index contributed by atoms with van der Waals surface area (Å²) in [4.78, 5) is 20.4. The lowest BCUT2D eigenvalue weighted by Gasteiger charge is -2.03. The van der Waals surface area contributed by atoms with Gasteiger partial charge in [0, 0.05) is 22.8 Å². The van der Waals surface area contributed by atoms with Crippen LogP contribution < -0.4 is 0 Å². The maximum absolute atomic E-state index is 10.9. The molecule has 4 nitrogen and oxygen atoms in total. The fraction of sp³-hybridized carbons (Fsp3) is 0.308. The Hall–Kier alpha value is -1.75. The average Bonchev–Trinajstić information content (AvgIpc) is 2.72. The Kier molecular flexibility index (Phi) is 3.72. The first-order valence-corrected chi connectivity index (χ1v) is 6.49. The molecule has 5 heteroatoms. The molecule has 0 aliphatic rings. The lowest BCUT2D eigenvalue weighted by atomic mass is 10.1. The third-order valence-electron chi connectivity index (χ3n) is 2.71. The summed E-state index contributed by atoms with van der Waals surface area (Å²) >= 11 is 1.54. The lowest BCUT2D eigenvalue weighted by molar-refractivity contribution is -0.141. The summed E-state index contributed by atoms with van der Waals surface area (Å²) in [5.41, 5.74) is 1.88. The Morgan fingerprint density at radius 2 is 2.33 bits per heavy atom. The van der Waals surface area contributed by atoms with Gasteiger partial charge >= 0.3 is 5.97 Å². The zero-order valence-electron chi connectivity index (χ0n) is 10.3. The van der Waals surface area contributed by atoms with Crippen molar-refractivity contribution in [2.24, 2.45) is 5.92 Å². The first-order valence-electron chi connectivity index (χ1n) is 5.67. The van der Waals surface area contributed by atoms with Crippen LogP contribution in [0.15, 0.2) is 24.5 Å². The molecule has 0 aliphatic carbocycles. The zero-order chi connectivity index (χ0) is 13.1. The van der Waals surface area contributed by atoms with Crippen LogP contribution in [0.5, 0.6) is 0 Å². The van der Waals surface area contributed by atoms with Gasteiger partial charge in [0.2, 0.25) is 0 Å². The SMILES string of the molecule is Cc1nc(-c2cccnc2)sc1CC(C)C(=O)O. The molecule has 94 valence electrons. The number of pyridine rings is 1. The number of hydrogen-bond donors (Lipinski definition) is 1. The van der Waals surface area contributed by atoms with E-state index < -0.39 is 5.97 Å². The van der Waals surface area contributed by atoms with Crippen molar-refractivity contribution < 1.29 is 9.90 Å². The molecule has 0 saturated carbocycles. The van der Waals surface area contributed by atoms with Crippen LogP contribution in [0.4, 0.5) is 0 Å². The number of thiazole rings is 1. The highest BCUT2D eigenvalue weighted by atomic mass is 32.1. The minimum absolute atomic E-state index is 0.383. The monoisotopic (exact) mass is 262 g/mol. The minimum Gasteiger partial charge on any atom is -0.481 e. The van der Waals surface area contributed by atoms with Crippen molar-refractivity contribution in [3.8, 4) is 10.6 Å². The Morgan fingerprint density at radius 1 is 1.56 bits per heavy atom. The van der Waals surface area contributed by atoms with Crippen LogP contribution in [0.1, 0.15) is 17.5 Å². The highest BCUT2D eigenvalue weighted by Crippen LogP contribution is 2.28. The summed E-state index contributed by atoms with van der Waals surface area (Å²) in [7, 11) is 0. The first-order chi connectivity index (χ1) is 8.58. The molecule has 0 spiro atoms. The van der Waals surface area contributed by atoms with E-state index in [1.165, 1.54) is 0 Å². The summed E-state index contributed by atoms with van der Waals surface area (Å²) in [5.74, 6) is -1.16. The van der Waals surface area contributed by atoms with Crippen LogP contribution in [-0.2, 0) is 11.2 Å². The van der Waals surface area contributed by atoms with Gasteiger partial charge in [0.25, 0.3) is 0 Å². The number of carboxylic acid groups (broad SMARTS) is 1. The Morgan fingerprint density at radius 3 is 2.94 bits per heavy atom. The molecule has 0 saturated heterocycles. The second-order valence-corrected chi connectivity index (χ2v) is 5.30. The molecule has 1 atom stereocenters. The summed E-state index contributed by atoms with van der Waals surface area (Å²) in [6, 6.07) is 3.82. The fourth-order valence-electron chi connectivity index (χ4n) is 1.60. The van der Waals surface area contributed by atoms with E-state index in [-0.39, 0.29) is 5.92 Å². The van der Waals surface area contributed by atoms with Gasteiger partial charge < -0.3 is 5.11 Å². The zero-order valence-corrected chi connectivity index (χ0v) is 11.1. The van der Waals surface area contributed by atoms with Crippen molar-refractivity contribution in [3.63, 3.8) is 0 Å². The van der Waals surface area contributed by atoms with Gasteiger partial charge in [0.1, 0.15) is 5.01 Å². The fourth-order valence-corrected chi connectivity index (χ4v) is 2.78. The summed E-state index contributed by atoms with van der Waals surface area (Å²) < 4.78 is 0. The van der Waals surface area contributed by atoms with Gasteiger partial charge in [-0.15, -0.1) is 11.3 Å². The van der Waals surface area contributed by atoms with Crippen molar-refractivity contribution >= 4 is 17.3 Å².